The molecule has 1 amide bonds. The first-order valence-corrected chi connectivity index (χ1v) is 5.95. The van der Waals surface area contributed by atoms with Crippen molar-refractivity contribution in [3.63, 3.8) is 0 Å². The van der Waals surface area contributed by atoms with Crippen molar-refractivity contribution >= 4 is 17.3 Å². The summed E-state index contributed by atoms with van der Waals surface area (Å²) in [6.07, 6.45) is 0.664. The van der Waals surface area contributed by atoms with Crippen LogP contribution in [0.2, 0.25) is 0 Å². The zero-order valence-electron chi connectivity index (χ0n) is 10.3. The van der Waals surface area contributed by atoms with Crippen LogP contribution in [-0.4, -0.2) is 29.0 Å². The summed E-state index contributed by atoms with van der Waals surface area (Å²) in [5.41, 5.74) is 6.42. The molecule has 0 aromatic heterocycles. The molecule has 0 saturated carbocycles. The normalized spacial score (nSPS) is 18.6. The van der Waals surface area contributed by atoms with Gasteiger partial charge in [0.25, 0.3) is 5.69 Å². The van der Waals surface area contributed by atoms with Gasteiger partial charge >= 0.3 is 0 Å². The van der Waals surface area contributed by atoms with Gasteiger partial charge in [0.2, 0.25) is 5.91 Å². The molecule has 1 heterocycles. The van der Waals surface area contributed by atoms with Crippen LogP contribution in [0.1, 0.15) is 12.0 Å². The second-order valence-electron chi connectivity index (χ2n) is 4.56. The van der Waals surface area contributed by atoms with E-state index in [1.807, 2.05) is 4.90 Å². The van der Waals surface area contributed by atoms with E-state index in [4.69, 9.17) is 5.73 Å². The highest BCUT2D eigenvalue weighted by molar-refractivity contribution is 5.78. The molecule has 1 atom stereocenters. The lowest BCUT2D eigenvalue weighted by atomic mass is 10.1. The predicted molar refractivity (Wildman–Crippen MR) is 68.5 cm³/mol. The van der Waals surface area contributed by atoms with E-state index in [0.29, 0.717) is 25.1 Å². The first-order chi connectivity index (χ1) is 9.02. The second kappa shape index (κ2) is 5.23. The number of rotatable bonds is 4. The van der Waals surface area contributed by atoms with E-state index in [0.717, 1.165) is 5.69 Å². The fraction of sp³-hybridized carbons (Fsp3) is 0.417. The van der Waals surface area contributed by atoms with Gasteiger partial charge in [0.1, 0.15) is 0 Å². The number of nitrogens with two attached hydrogens (primary N) is 1. The van der Waals surface area contributed by atoms with Crippen molar-refractivity contribution < 1.29 is 14.8 Å². The number of carbonyl (C=O) groups is 1. The van der Waals surface area contributed by atoms with Gasteiger partial charge in [-0.2, -0.15) is 0 Å². The Morgan fingerprint density at radius 3 is 2.84 bits per heavy atom. The van der Waals surface area contributed by atoms with Crippen molar-refractivity contribution in [1.29, 1.82) is 0 Å². The topological polar surface area (TPSA) is 110 Å². The molecule has 7 nitrogen and oxygen atoms in total. The maximum atomic E-state index is 11.1. The molecular formula is C12H15N3O4. The maximum Gasteiger partial charge on any atom is 0.269 e. The Morgan fingerprint density at radius 2 is 2.32 bits per heavy atom. The zero-order valence-corrected chi connectivity index (χ0v) is 10.3. The van der Waals surface area contributed by atoms with Crippen LogP contribution in [0.25, 0.3) is 0 Å². The summed E-state index contributed by atoms with van der Waals surface area (Å²) < 4.78 is 0. The number of primary amides is 1. The molecule has 1 unspecified atom stereocenters. The quantitative estimate of drug-likeness (QED) is 0.604. The third-order valence-corrected chi connectivity index (χ3v) is 3.38. The van der Waals surface area contributed by atoms with Gasteiger partial charge in [-0.1, -0.05) is 0 Å². The smallest absolute Gasteiger partial charge is 0.269 e. The van der Waals surface area contributed by atoms with Gasteiger partial charge in [0, 0.05) is 36.5 Å². The van der Waals surface area contributed by atoms with Crippen molar-refractivity contribution in [2.75, 3.05) is 18.0 Å². The number of aliphatic hydroxyl groups is 1. The van der Waals surface area contributed by atoms with E-state index in [1.165, 1.54) is 12.1 Å². The molecule has 1 aliphatic rings. The monoisotopic (exact) mass is 265 g/mol. The average molecular weight is 265 g/mol. The Balaban J connectivity index is 2.25. The summed E-state index contributed by atoms with van der Waals surface area (Å²) in [6, 6.07) is 4.35. The number of carbonyl (C=O) groups excluding carboxylic acids is 1. The second-order valence-corrected chi connectivity index (χ2v) is 4.56. The summed E-state index contributed by atoms with van der Waals surface area (Å²) in [4.78, 5) is 23.2. The first kappa shape index (κ1) is 13.3. The molecular weight excluding hydrogens is 250 g/mol. The van der Waals surface area contributed by atoms with Crippen LogP contribution < -0.4 is 10.6 Å². The van der Waals surface area contributed by atoms with Gasteiger partial charge in [0.15, 0.2) is 0 Å². The number of hydrogen-bond acceptors (Lipinski definition) is 5. The largest absolute Gasteiger partial charge is 0.392 e. The molecule has 0 aliphatic carbocycles. The van der Waals surface area contributed by atoms with Crippen LogP contribution in [-0.2, 0) is 11.4 Å². The molecule has 0 radical (unpaired) electrons. The molecule has 1 aromatic rings. The van der Waals surface area contributed by atoms with Gasteiger partial charge in [-0.3, -0.25) is 14.9 Å². The van der Waals surface area contributed by atoms with Crippen molar-refractivity contribution in [3.05, 3.63) is 33.9 Å². The Hall–Kier alpha value is -2.15. The standard InChI is InChI=1S/C12H15N3O4/c13-12(17)8-3-4-14(6-8)11-2-1-10(15(18)19)5-9(11)7-16/h1-2,5,8,16H,3-4,6-7H2,(H2,13,17). The van der Waals surface area contributed by atoms with Crippen LogP contribution in [0.15, 0.2) is 18.2 Å². The van der Waals surface area contributed by atoms with Crippen LogP contribution in [0, 0.1) is 16.0 Å². The highest BCUT2D eigenvalue weighted by Crippen LogP contribution is 2.29. The van der Waals surface area contributed by atoms with Crippen LogP contribution in [0.5, 0.6) is 0 Å². The Kier molecular flexibility index (Phi) is 3.66. The first-order valence-electron chi connectivity index (χ1n) is 5.95. The third-order valence-electron chi connectivity index (χ3n) is 3.38. The number of nitro groups is 1. The molecule has 1 aliphatic heterocycles. The van der Waals surface area contributed by atoms with Gasteiger partial charge in [-0.25, -0.2) is 0 Å². The minimum atomic E-state index is -0.501. The lowest BCUT2D eigenvalue weighted by Crippen LogP contribution is -2.27. The lowest BCUT2D eigenvalue weighted by molar-refractivity contribution is -0.384. The lowest BCUT2D eigenvalue weighted by Gasteiger charge is -2.21. The number of non-ortho nitro benzene ring substituents is 1. The highest BCUT2D eigenvalue weighted by atomic mass is 16.6. The number of anilines is 1. The van der Waals surface area contributed by atoms with Crippen molar-refractivity contribution in [2.24, 2.45) is 11.7 Å². The van der Waals surface area contributed by atoms with Gasteiger partial charge in [-0.15, -0.1) is 0 Å². The Morgan fingerprint density at radius 1 is 1.58 bits per heavy atom. The van der Waals surface area contributed by atoms with E-state index in [9.17, 15) is 20.0 Å². The van der Waals surface area contributed by atoms with Crippen molar-refractivity contribution in [1.82, 2.24) is 0 Å². The van der Waals surface area contributed by atoms with Crippen LogP contribution in [0.3, 0.4) is 0 Å². The van der Waals surface area contributed by atoms with E-state index in [-0.39, 0.29) is 24.1 Å². The molecule has 1 saturated heterocycles. The van der Waals surface area contributed by atoms with Gasteiger partial charge in [-0.05, 0) is 12.5 Å². The summed E-state index contributed by atoms with van der Waals surface area (Å²) in [6.45, 7) is 0.854. The number of nitro benzene ring substituents is 1. The molecule has 0 spiro atoms. The van der Waals surface area contributed by atoms with E-state index in [2.05, 4.69) is 0 Å². The third kappa shape index (κ3) is 2.65. The molecule has 0 bridgehead atoms. The van der Waals surface area contributed by atoms with Crippen LogP contribution >= 0.6 is 0 Å². The molecule has 2 rings (SSSR count). The maximum absolute atomic E-state index is 11.1. The molecule has 19 heavy (non-hydrogen) atoms. The fourth-order valence-corrected chi connectivity index (χ4v) is 2.33. The average Bonchev–Trinajstić information content (AvgIpc) is 2.87. The van der Waals surface area contributed by atoms with Crippen molar-refractivity contribution in [2.45, 2.75) is 13.0 Å². The molecule has 3 N–H and O–H groups in total. The Bertz CT molecular complexity index is 518. The predicted octanol–water partition coefficient (Wildman–Crippen LogP) is 0.399. The molecule has 1 fully saturated rings. The molecule has 1 aromatic carbocycles. The summed E-state index contributed by atoms with van der Waals surface area (Å²) in [5.74, 6) is -0.545. The molecule has 7 heteroatoms. The van der Waals surface area contributed by atoms with Crippen molar-refractivity contribution in [3.8, 4) is 0 Å². The van der Waals surface area contributed by atoms with Gasteiger partial charge < -0.3 is 15.7 Å². The fourth-order valence-electron chi connectivity index (χ4n) is 2.33. The number of benzene rings is 1. The number of nitrogens with zero attached hydrogens (tertiary/aromatic N) is 2. The molecule has 102 valence electrons. The minimum Gasteiger partial charge on any atom is -0.392 e. The van der Waals surface area contributed by atoms with Crippen LogP contribution in [0.4, 0.5) is 11.4 Å². The van der Waals surface area contributed by atoms with E-state index in [1.54, 1.807) is 6.07 Å². The number of amides is 1. The highest BCUT2D eigenvalue weighted by Gasteiger charge is 2.28. The number of aliphatic hydroxyl groups excluding tert-OH is 1. The summed E-state index contributed by atoms with van der Waals surface area (Å²) >= 11 is 0. The Labute approximate surface area is 109 Å². The van der Waals surface area contributed by atoms with E-state index >= 15 is 0 Å². The van der Waals surface area contributed by atoms with E-state index < -0.39 is 4.92 Å². The minimum absolute atomic E-state index is 0.0570. The summed E-state index contributed by atoms with van der Waals surface area (Å²) in [7, 11) is 0. The zero-order chi connectivity index (χ0) is 14.0. The number of hydrogen-bond donors (Lipinski definition) is 2. The SMILES string of the molecule is NC(=O)C1CCN(c2ccc([N+](=O)[O-])cc2CO)C1. The van der Waals surface area contributed by atoms with Gasteiger partial charge in [0.05, 0.1) is 17.4 Å². The summed E-state index contributed by atoms with van der Waals surface area (Å²) in [5, 5.41) is 20.0.